The average Bonchev–Trinajstić information content (AvgIpc) is 2.70. The molecule has 0 spiro atoms. The SMILES string of the molecule is O=S(=O)(Nc1cccc(CO)c1)c1cc(Cl)c(Br)s1. The van der Waals surface area contributed by atoms with Crippen LogP contribution < -0.4 is 4.72 Å². The summed E-state index contributed by atoms with van der Waals surface area (Å²) in [6, 6.07) is 7.94. The first-order chi connectivity index (χ1) is 8.92. The zero-order chi connectivity index (χ0) is 14.0. The third-order valence-corrected chi connectivity index (χ3v) is 6.58. The van der Waals surface area contributed by atoms with Crippen molar-refractivity contribution in [3.05, 3.63) is 44.7 Å². The maximum atomic E-state index is 12.1. The highest BCUT2D eigenvalue weighted by Crippen LogP contribution is 2.35. The van der Waals surface area contributed by atoms with E-state index < -0.39 is 10.0 Å². The second-order valence-electron chi connectivity index (χ2n) is 3.65. The average molecular weight is 383 g/mol. The summed E-state index contributed by atoms with van der Waals surface area (Å²) in [6.07, 6.45) is 0. The van der Waals surface area contributed by atoms with Crippen LogP contribution in [0.2, 0.25) is 5.02 Å². The van der Waals surface area contributed by atoms with Crippen molar-refractivity contribution in [2.75, 3.05) is 4.72 Å². The van der Waals surface area contributed by atoms with Gasteiger partial charge >= 0.3 is 0 Å². The number of benzene rings is 1. The monoisotopic (exact) mass is 381 g/mol. The van der Waals surface area contributed by atoms with E-state index >= 15 is 0 Å². The van der Waals surface area contributed by atoms with Gasteiger partial charge in [-0.2, -0.15) is 0 Å². The summed E-state index contributed by atoms with van der Waals surface area (Å²) >= 11 is 10.0. The minimum atomic E-state index is -3.67. The molecule has 1 heterocycles. The summed E-state index contributed by atoms with van der Waals surface area (Å²) in [5, 5.41) is 9.37. The molecule has 0 aliphatic carbocycles. The summed E-state index contributed by atoms with van der Waals surface area (Å²) < 4.78 is 27.4. The van der Waals surface area contributed by atoms with E-state index in [2.05, 4.69) is 20.7 Å². The lowest BCUT2D eigenvalue weighted by Gasteiger charge is -2.07. The van der Waals surface area contributed by atoms with Gasteiger partial charge in [0, 0.05) is 5.69 Å². The number of hydrogen-bond donors (Lipinski definition) is 2. The first kappa shape index (κ1) is 14.8. The van der Waals surface area contributed by atoms with Gasteiger partial charge in [-0.3, -0.25) is 4.72 Å². The molecular weight excluding hydrogens is 374 g/mol. The molecule has 1 aromatic heterocycles. The third-order valence-electron chi connectivity index (χ3n) is 2.25. The van der Waals surface area contributed by atoms with Gasteiger partial charge in [-0.1, -0.05) is 23.7 Å². The van der Waals surface area contributed by atoms with E-state index in [9.17, 15) is 8.42 Å². The first-order valence-corrected chi connectivity index (χ1v) is 8.57. The normalized spacial score (nSPS) is 11.5. The molecule has 0 atom stereocenters. The molecule has 1 aromatic carbocycles. The maximum absolute atomic E-state index is 12.1. The molecule has 4 nitrogen and oxygen atoms in total. The summed E-state index contributed by atoms with van der Waals surface area (Å²) in [5.74, 6) is 0. The Kier molecular flexibility index (Phi) is 4.52. The Morgan fingerprint density at radius 2 is 2.11 bits per heavy atom. The second-order valence-corrected chi connectivity index (χ2v) is 8.34. The molecule has 0 saturated carbocycles. The van der Waals surface area contributed by atoms with Crippen molar-refractivity contribution in [3.8, 4) is 0 Å². The van der Waals surface area contributed by atoms with Crippen LogP contribution >= 0.6 is 38.9 Å². The quantitative estimate of drug-likeness (QED) is 0.851. The van der Waals surface area contributed by atoms with Crippen LogP contribution in [0.5, 0.6) is 0 Å². The highest BCUT2D eigenvalue weighted by Gasteiger charge is 2.19. The number of halogens is 2. The Labute approximate surface area is 128 Å². The van der Waals surface area contributed by atoms with E-state index in [1.807, 2.05) is 0 Å². The predicted molar refractivity (Wildman–Crippen MR) is 80.2 cm³/mol. The van der Waals surface area contributed by atoms with Crippen molar-refractivity contribution >= 4 is 54.6 Å². The summed E-state index contributed by atoms with van der Waals surface area (Å²) in [7, 11) is -3.67. The number of anilines is 1. The number of sulfonamides is 1. The highest BCUT2D eigenvalue weighted by atomic mass is 79.9. The van der Waals surface area contributed by atoms with E-state index in [0.717, 1.165) is 11.3 Å². The van der Waals surface area contributed by atoms with E-state index in [4.69, 9.17) is 16.7 Å². The first-order valence-electron chi connectivity index (χ1n) is 5.10. The molecule has 19 heavy (non-hydrogen) atoms. The fourth-order valence-electron chi connectivity index (χ4n) is 1.40. The Morgan fingerprint density at radius 1 is 1.37 bits per heavy atom. The van der Waals surface area contributed by atoms with Crippen LogP contribution in [-0.2, 0) is 16.6 Å². The Morgan fingerprint density at radius 3 is 2.68 bits per heavy atom. The number of rotatable bonds is 4. The van der Waals surface area contributed by atoms with Gasteiger partial charge < -0.3 is 5.11 Å². The molecular formula is C11H9BrClNO3S2. The van der Waals surface area contributed by atoms with Crippen LogP contribution in [0.4, 0.5) is 5.69 Å². The smallest absolute Gasteiger partial charge is 0.271 e. The number of aliphatic hydroxyl groups is 1. The van der Waals surface area contributed by atoms with E-state index in [1.54, 1.807) is 24.3 Å². The zero-order valence-corrected chi connectivity index (χ0v) is 13.4. The fraction of sp³-hybridized carbons (Fsp3) is 0.0909. The lowest BCUT2D eigenvalue weighted by Crippen LogP contribution is -2.11. The van der Waals surface area contributed by atoms with Gasteiger partial charge in [-0.05, 0) is 39.7 Å². The maximum Gasteiger partial charge on any atom is 0.271 e. The van der Waals surface area contributed by atoms with Gasteiger partial charge in [0.05, 0.1) is 15.4 Å². The number of hydrogen-bond acceptors (Lipinski definition) is 4. The molecule has 0 unspecified atom stereocenters. The van der Waals surface area contributed by atoms with Crippen molar-refractivity contribution in [2.24, 2.45) is 0 Å². The van der Waals surface area contributed by atoms with Crippen molar-refractivity contribution in [3.63, 3.8) is 0 Å². The summed E-state index contributed by atoms with van der Waals surface area (Å²) in [5.41, 5.74) is 1.03. The van der Waals surface area contributed by atoms with Gasteiger partial charge in [0.1, 0.15) is 4.21 Å². The standard InChI is InChI=1S/C11H9BrClNO3S2/c12-11-9(13)5-10(18-11)19(16,17)14-8-3-1-2-7(4-8)6-15/h1-5,14-15H,6H2. The lowest BCUT2D eigenvalue weighted by molar-refractivity contribution is 0.282. The molecule has 0 aliphatic heterocycles. The second kappa shape index (κ2) is 5.80. The summed E-state index contributed by atoms with van der Waals surface area (Å²) in [6.45, 7) is -0.147. The molecule has 0 bridgehead atoms. The van der Waals surface area contributed by atoms with Crippen molar-refractivity contribution < 1.29 is 13.5 Å². The van der Waals surface area contributed by atoms with Crippen LogP contribution in [-0.4, -0.2) is 13.5 Å². The minimum absolute atomic E-state index is 0.124. The molecule has 0 aliphatic rings. The van der Waals surface area contributed by atoms with Gasteiger partial charge in [0.2, 0.25) is 0 Å². The molecule has 2 aromatic rings. The Balaban J connectivity index is 2.30. The number of nitrogens with one attached hydrogen (secondary N) is 1. The van der Waals surface area contributed by atoms with Crippen LogP contribution in [0.1, 0.15) is 5.56 Å². The fourth-order valence-corrected chi connectivity index (χ4v) is 4.85. The molecule has 2 rings (SSSR count). The van der Waals surface area contributed by atoms with Crippen LogP contribution in [0.15, 0.2) is 38.3 Å². The van der Waals surface area contributed by atoms with Gasteiger partial charge in [0.25, 0.3) is 10.0 Å². The third kappa shape index (κ3) is 3.49. The number of thiophene rings is 1. The highest BCUT2D eigenvalue weighted by molar-refractivity contribution is 9.11. The van der Waals surface area contributed by atoms with Crippen LogP contribution in [0.3, 0.4) is 0 Å². The predicted octanol–water partition coefficient (Wildman–Crippen LogP) is 3.46. The molecule has 0 radical (unpaired) electrons. The van der Waals surface area contributed by atoms with Crippen LogP contribution in [0.25, 0.3) is 0 Å². The Bertz CT molecular complexity index is 680. The molecule has 0 saturated heterocycles. The van der Waals surface area contributed by atoms with Gasteiger partial charge in [-0.25, -0.2) is 8.42 Å². The topological polar surface area (TPSA) is 66.4 Å². The molecule has 0 amide bonds. The number of aliphatic hydroxyl groups excluding tert-OH is 1. The zero-order valence-electron chi connectivity index (χ0n) is 9.43. The molecule has 0 fully saturated rings. The minimum Gasteiger partial charge on any atom is -0.392 e. The van der Waals surface area contributed by atoms with Crippen molar-refractivity contribution in [1.29, 1.82) is 0 Å². The van der Waals surface area contributed by atoms with E-state index in [1.165, 1.54) is 6.07 Å². The van der Waals surface area contributed by atoms with Gasteiger partial charge in [0.15, 0.2) is 0 Å². The molecule has 102 valence electrons. The largest absolute Gasteiger partial charge is 0.392 e. The molecule has 2 N–H and O–H groups in total. The van der Waals surface area contributed by atoms with Crippen molar-refractivity contribution in [1.82, 2.24) is 0 Å². The van der Waals surface area contributed by atoms with E-state index in [0.29, 0.717) is 20.1 Å². The van der Waals surface area contributed by atoms with Crippen LogP contribution in [0, 0.1) is 0 Å². The molecule has 8 heteroatoms. The summed E-state index contributed by atoms with van der Waals surface area (Å²) in [4.78, 5) is 0. The van der Waals surface area contributed by atoms with E-state index in [-0.39, 0.29) is 10.8 Å². The van der Waals surface area contributed by atoms with Gasteiger partial charge in [-0.15, -0.1) is 11.3 Å². The lowest BCUT2D eigenvalue weighted by atomic mass is 10.2. The van der Waals surface area contributed by atoms with Crippen molar-refractivity contribution in [2.45, 2.75) is 10.8 Å². The Hall–Kier alpha value is -0.600.